The first kappa shape index (κ1) is 13.9. The summed E-state index contributed by atoms with van der Waals surface area (Å²) in [5, 5.41) is 5.09. The number of methoxy groups -OCH3 is 1. The Morgan fingerprint density at radius 1 is 1.23 bits per heavy atom. The fourth-order valence-electron chi connectivity index (χ4n) is 4.05. The monoisotopic (exact) mass is 296 g/mol. The van der Waals surface area contributed by atoms with Gasteiger partial charge in [0, 0.05) is 16.6 Å². The molecule has 0 saturated carbocycles. The Morgan fingerprint density at radius 3 is 2.91 bits per heavy atom. The summed E-state index contributed by atoms with van der Waals surface area (Å²) in [5.74, 6) is 1.65. The molecule has 1 aliphatic heterocycles. The van der Waals surface area contributed by atoms with Gasteiger partial charge in [-0.05, 0) is 68.8 Å². The van der Waals surface area contributed by atoms with Crippen molar-refractivity contribution in [3.8, 4) is 5.75 Å². The van der Waals surface area contributed by atoms with Crippen LogP contribution in [0.5, 0.6) is 5.75 Å². The Kier molecular flexibility index (Phi) is 3.45. The number of hydrogen-bond acceptors (Lipinski definition) is 2. The third-order valence-corrected chi connectivity index (χ3v) is 5.35. The second-order valence-electron chi connectivity index (χ2n) is 6.70. The van der Waals surface area contributed by atoms with Gasteiger partial charge in [0.1, 0.15) is 5.75 Å². The van der Waals surface area contributed by atoms with Crippen LogP contribution in [0.15, 0.2) is 29.8 Å². The summed E-state index contributed by atoms with van der Waals surface area (Å²) in [7, 11) is 1.74. The standard InChI is InChI=1S/C19H24N2O/c1-12-3-5-13(6-4-12)18-19-15(9-10-20-18)16-11-14(22-2)7-8-17(16)21-19/h3,7-8,11,13,18,20-21H,4-6,9-10H2,1-2H3/t13-,18-/m1/s1. The van der Waals surface area contributed by atoms with E-state index in [1.165, 1.54) is 41.4 Å². The van der Waals surface area contributed by atoms with Gasteiger partial charge >= 0.3 is 0 Å². The second kappa shape index (κ2) is 5.47. The summed E-state index contributed by atoms with van der Waals surface area (Å²) in [5.41, 5.74) is 5.69. The van der Waals surface area contributed by atoms with E-state index in [1.54, 1.807) is 12.7 Å². The number of ether oxygens (including phenoxy) is 1. The molecule has 0 spiro atoms. The van der Waals surface area contributed by atoms with Crippen molar-refractivity contribution in [3.63, 3.8) is 0 Å². The maximum atomic E-state index is 5.40. The largest absolute Gasteiger partial charge is 0.497 e. The molecular weight excluding hydrogens is 272 g/mol. The highest BCUT2D eigenvalue weighted by Crippen LogP contribution is 2.39. The van der Waals surface area contributed by atoms with Crippen LogP contribution in [-0.2, 0) is 6.42 Å². The second-order valence-corrected chi connectivity index (χ2v) is 6.70. The molecule has 2 aliphatic rings. The molecular formula is C19H24N2O. The topological polar surface area (TPSA) is 37.0 Å². The number of aromatic nitrogens is 1. The van der Waals surface area contributed by atoms with Crippen LogP contribution in [0.4, 0.5) is 0 Å². The molecule has 1 aliphatic carbocycles. The number of benzene rings is 1. The van der Waals surface area contributed by atoms with Gasteiger partial charge in [-0.1, -0.05) is 11.6 Å². The number of rotatable bonds is 2. The highest BCUT2D eigenvalue weighted by Gasteiger charge is 2.30. The van der Waals surface area contributed by atoms with Gasteiger partial charge in [0.25, 0.3) is 0 Å². The number of H-pyrrole nitrogens is 1. The SMILES string of the molecule is COc1ccc2[nH]c3c(c2c1)CCN[C@@H]3[C@@H]1CC=C(C)CC1. The predicted octanol–water partition coefficient (Wildman–Crippen LogP) is 4.11. The van der Waals surface area contributed by atoms with Crippen LogP contribution in [0.1, 0.15) is 43.5 Å². The van der Waals surface area contributed by atoms with Crippen LogP contribution < -0.4 is 10.1 Å². The highest BCUT2D eigenvalue weighted by molar-refractivity contribution is 5.86. The third kappa shape index (κ3) is 2.24. The number of allylic oxidation sites excluding steroid dienone is 2. The van der Waals surface area contributed by atoms with E-state index in [4.69, 9.17) is 4.74 Å². The first-order chi connectivity index (χ1) is 10.8. The molecule has 3 nitrogen and oxygen atoms in total. The van der Waals surface area contributed by atoms with E-state index in [-0.39, 0.29) is 0 Å². The lowest BCUT2D eigenvalue weighted by Gasteiger charge is -2.33. The van der Waals surface area contributed by atoms with Crippen molar-refractivity contribution in [2.45, 2.75) is 38.6 Å². The smallest absolute Gasteiger partial charge is 0.119 e. The molecule has 22 heavy (non-hydrogen) atoms. The molecule has 2 heterocycles. The summed E-state index contributed by atoms with van der Waals surface area (Å²) in [6, 6.07) is 6.83. The van der Waals surface area contributed by atoms with Crippen LogP contribution >= 0.6 is 0 Å². The fourth-order valence-corrected chi connectivity index (χ4v) is 4.05. The molecule has 1 aromatic carbocycles. The molecule has 0 fully saturated rings. The van der Waals surface area contributed by atoms with Crippen molar-refractivity contribution >= 4 is 10.9 Å². The van der Waals surface area contributed by atoms with Crippen LogP contribution in [0.2, 0.25) is 0 Å². The lowest BCUT2D eigenvalue weighted by Crippen LogP contribution is -2.35. The molecule has 0 bridgehead atoms. The molecule has 2 atom stereocenters. The zero-order chi connectivity index (χ0) is 15.1. The summed E-state index contributed by atoms with van der Waals surface area (Å²) in [4.78, 5) is 3.69. The molecule has 2 N–H and O–H groups in total. The van der Waals surface area contributed by atoms with Crippen molar-refractivity contribution in [1.82, 2.24) is 10.3 Å². The number of aromatic amines is 1. The van der Waals surface area contributed by atoms with Crippen molar-refractivity contribution in [2.75, 3.05) is 13.7 Å². The molecule has 0 unspecified atom stereocenters. The molecule has 116 valence electrons. The van der Waals surface area contributed by atoms with Gasteiger partial charge in [-0.15, -0.1) is 0 Å². The lowest BCUT2D eigenvalue weighted by molar-refractivity contribution is 0.317. The quantitative estimate of drug-likeness (QED) is 0.818. The van der Waals surface area contributed by atoms with Crippen molar-refractivity contribution in [3.05, 3.63) is 41.1 Å². The minimum absolute atomic E-state index is 0.464. The molecule has 0 saturated heterocycles. The van der Waals surface area contributed by atoms with Crippen molar-refractivity contribution in [2.24, 2.45) is 5.92 Å². The Morgan fingerprint density at radius 2 is 2.14 bits per heavy atom. The lowest BCUT2D eigenvalue weighted by atomic mass is 9.81. The number of nitrogens with one attached hydrogen (secondary N) is 2. The summed E-state index contributed by atoms with van der Waals surface area (Å²) < 4.78 is 5.40. The predicted molar refractivity (Wildman–Crippen MR) is 90.4 cm³/mol. The van der Waals surface area contributed by atoms with Gasteiger partial charge in [-0.3, -0.25) is 0 Å². The van der Waals surface area contributed by atoms with Gasteiger partial charge in [0.2, 0.25) is 0 Å². The summed E-state index contributed by atoms with van der Waals surface area (Å²) in [6.45, 7) is 3.33. The molecule has 1 aromatic heterocycles. The number of fused-ring (bicyclic) bond motifs is 3. The summed E-state index contributed by atoms with van der Waals surface area (Å²) >= 11 is 0. The van der Waals surface area contributed by atoms with Gasteiger partial charge in [-0.2, -0.15) is 0 Å². The normalized spacial score (nSPS) is 24.9. The van der Waals surface area contributed by atoms with Gasteiger partial charge in [-0.25, -0.2) is 0 Å². The molecule has 0 radical (unpaired) electrons. The first-order valence-corrected chi connectivity index (χ1v) is 8.34. The summed E-state index contributed by atoms with van der Waals surface area (Å²) in [6.07, 6.45) is 7.25. The van der Waals surface area contributed by atoms with E-state index in [0.29, 0.717) is 12.0 Å². The molecule has 0 amide bonds. The van der Waals surface area contributed by atoms with E-state index >= 15 is 0 Å². The minimum atomic E-state index is 0.464. The molecule has 3 heteroatoms. The van der Waals surface area contributed by atoms with Crippen LogP contribution in [0, 0.1) is 5.92 Å². The van der Waals surface area contributed by atoms with Crippen LogP contribution in [-0.4, -0.2) is 18.6 Å². The van der Waals surface area contributed by atoms with E-state index in [1.807, 2.05) is 6.07 Å². The number of hydrogen-bond donors (Lipinski definition) is 2. The van der Waals surface area contributed by atoms with Gasteiger partial charge < -0.3 is 15.0 Å². The zero-order valence-corrected chi connectivity index (χ0v) is 13.4. The average molecular weight is 296 g/mol. The van der Waals surface area contributed by atoms with Crippen molar-refractivity contribution in [1.29, 1.82) is 0 Å². The van der Waals surface area contributed by atoms with Crippen molar-refractivity contribution < 1.29 is 4.74 Å². The van der Waals surface area contributed by atoms with E-state index < -0.39 is 0 Å². The average Bonchev–Trinajstić information content (AvgIpc) is 2.93. The van der Waals surface area contributed by atoms with Gasteiger partial charge in [0.15, 0.2) is 0 Å². The fraction of sp³-hybridized carbons (Fsp3) is 0.474. The molecule has 4 rings (SSSR count). The minimum Gasteiger partial charge on any atom is -0.497 e. The highest BCUT2D eigenvalue weighted by atomic mass is 16.5. The Bertz CT molecular complexity index is 728. The molecule has 2 aromatic rings. The maximum absolute atomic E-state index is 5.40. The van der Waals surface area contributed by atoms with E-state index in [9.17, 15) is 0 Å². The zero-order valence-electron chi connectivity index (χ0n) is 13.4. The van der Waals surface area contributed by atoms with Crippen LogP contribution in [0.3, 0.4) is 0 Å². The maximum Gasteiger partial charge on any atom is 0.119 e. The first-order valence-electron chi connectivity index (χ1n) is 8.34. The Hall–Kier alpha value is -1.74. The van der Waals surface area contributed by atoms with Crippen LogP contribution in [0.25, 0.3) is 10.9 Å². The van der Waals surface area contributed by atoms with E-state index in [0.717, 1.165) is 18.7 Å². The Labute approximate surface area is 131 Å². The third-order valence-electron chi connectivity index (χ3n) is 5.35. The van der Waals surface area contributed by atoms with Gasteiger partial charge in [0.05, 0.1) is 13.2 Å². The Balaban J connectivity index is 1.75. The van der Waals surface area contributed by atoms with E-state index in [2.05, 4.69) is 35.4 Å².